The highest BCUT2D eigenvalue weighted by Crippen LogP contribution is 2.47. The Morgan fingerprint density at radius 3 is 1.78 bits per heavy atom. The minimum Gasteiger partial charge on any atom is -0.456 e. The molecule has 1 aromatic heterocycles. The summed E-state index contributed by atoms with van der Waals surface area (Å²) in [5.74, 6) is 0. The molecule has 0 spiro atoms. The molecule has 0 fully saturated rings. The average molecular weight is 588 g/mol. The van der Waals surface area contributed by atoms with Crippen molar-refractivity contribution in [1.29, 1.82) is 0 Å². The van der Waals surface area contributed by atoms with Gasteiger partial charge in [0.25, 0.3) is 0 Å². The van der Waals surface area contributed by atoms with Gasteiger partial charge in [-0.1, -0.05) is 133 Å². The van der Waals surface area contributed by atoms with Crippen LogP contribution in [0.15, 0.2) is 162 Å². The zero-order valence-corrected chi connectivity index (χ0v) is 23.1. The number of hydrogen-bond donors (Lipinski definition) is 0. The second kappa shape index (κ2) is 9.29. The van der Waals surface area contributed by atoms with Gasteiger partial charge in [0.2, 0.25) is 0 Å². The van der Waals surface area contributed by atoms with Crippen LogP contribution in [0.3, 0.4) is 0 Å². The summed E-state index contributed by atoms with van der Waals surface area (Å²) in [7, 11) is 0. The predicted molar refractivity (Wildman–Crippen MR) is 192 cm³/mol. The number of fused-ring (bicyclic) bond motifs is 10. The molecule has 1 heteroatoms. The van der Waals surface area contributed by atoms with E-state index in [4.69, 9.17) is 19.5 Å². The van der Waals surface area contributed by atoms with E-state index in [1.165, 1.54) is 0 Å². The summed E-state index contributed by atoms with van der Waals surface area (Å²) in [5.41, 5.74) is 0.384. The summed E-state index contributed by atoms with van der Waals surface area (Å²) in [6, 6.07) is 4.17. The van der Waals surface area contributed by atoms with Crippen LogP contribution in [0, 0.1) is 0 Å². The third kappa shape index (κ3) is 3.50. The topological polar surface area (TPSA) is 13.1 Å². The monoisotopic (exact) mass is 587 g/mol. The van der Waals surface area contributed by atoms with Crippen molar-refractivity contribution in [3.63, 3.8) is 0 Å². The molecule has 0 aliphatic heterocycles. The lowest BCUT2D eigenvalue weighted by molar-refractivity contribution is 0.669. The molecular weight excluding hydrogens is 544 g/mol. The lowest BCUT2D eigenvalue weighted by atomic mass is 9.83. The first-order chi connectivity index (χ1) is 29.4. The third-order valence-electron chi connectivity index (χ3n) is 8.40. The molecule has 0 saturated carbocycles. The maximum atomic E-state index is 9.78. The molecule has 0 unspecified atom stereocenters. The van der Waals surface area contributed by atoms with E-state index in [2.05, 4.69) is 0 Å². The summed E-state index contributed by atoms with van der Waals surface area (Å²) in [5, 5.41) is 0.183. The van der Waals surface area contributed by atoms with E-state index in [1.54, 1.807) is 18.2 Å². The summed E-state index contributed by atoms with van der Waals surface area (Å²) in [6.45, 7) is 0. The lowest BCUT2D eigenvalue weighted by Crippen LogP contribution is -1.92. The molecule has 10 rings (SSSR count). The van der Waals surface area contributed by atoms with E-state index < -0.39 is 135 Å². The molecule has 0 aliphatic carbocycles. The molecule has 10 aromatic rings. The van der Waals surface area contributed by atoms with Crippen LogP contribution in [0.4, 0.5) is 0 Å². The summed E-state index contributed by atoms with van der Waals surface area (Å²) < 4.78 is 160. The number of rotatable bonds is 2. The Hall–Kier alpha value is -5.92. The van der Waals surface area contributed by atoms with Crippen LogP contribution in [0.1, 0.15) is 23.3 Å². The SMILES string of the molecule is [2H]c1c([2H])c([2H])c2c(-c3c([2H])c4c([2H])c([2H])c([2H])c([2H])c4c4c([2H])c([2H])c([2H])c([2H])c34)c3c([2H])c([2H])c([2H])c([2H])c3c(-c3ccc4oc5ccc6ccccc6c5c4c3)c2c1[2H]. The van der Waals surface area contributed by atoms with Crippen LogP contribution in [0.2, 0.25) is 0 Å². The fourth-order valence-electron chi connectivity index (χ4n) is 6.52. The van der Waals surface area contributed by atoms with Gasteiger partial charge in [-0.3, -0.25) is 0 Å². The molecule has 0 aliphatic rings. The summed E-state index contributed by atoms with van der Waals surface area (Å²) >= 11 is 0. The Balaban J connectivity index is 1.54. The first kappa shape index (κ1) is 13.4. The molecule has 1 nitrogen and oxygen atoms in total. The molecule has 0 amide bonds. The second-order valence-corrected chi connectivity index (χ2v) is 10.7. The van der Waals surface area contributed by atoms with E-state index in [0.717, 1.165) is 16.2 Å². The zero-order chi connectivity index (χ0) is 44.3. The Labute approximate surface area is 283 Å². The highest BCUT2D eigenvalue weighted by molar-refractivity contribution is 6.26. The molecule has 0 atom stereocenters. The molecule has 0 bridgehead atoms. The van der Waals surface area contributed by atoms with Gasteiger partial charge in [-0.2, -0.15) is 0 Å². The maximum absolute atomic E-state index is 9.78. The molecule has 0 N–H and O–H groups in total. The van der Waals surface area contributed by atoms with Crippen LogP contribution in [-0.4, -0.2) is 0 Å². The average Bonchev–Trinajstić information content (AvgIpc) is 3.65. The van der Waals surface area contributed by atoms with Crippen LogP contribution < -0.4 is 0 Å². The van der Waals surface area contributed by atoms with Crippen molar-refractivity contribution in [3.8, 4) is 22.3 Å². The molecule has 0 radical (unpaired) electrons. The van der Waals surface area contributed by atoms with E-state index in [1.807, 2.05) is 36.4 Å². The summed E-state index contributed by atoms with van der Waals surface area (Å²) in [4.78, 5) is 0. The highest BCUT2D eigenvalue weighted by Gasteiger charge is 2.20. The Bertz CT molecular complexity index is 3700. The highest BCUT2D eigenvalue weighted by atomic mass is 16.3. The molecule has 0 saturated heterocycles. The Morgan fingerprint density at radius 2 is 1.02 bits per heavy atom. The largest absolute Gasteiger partial charge is 0.456 e. The number of hydrogen-bond acceptors (Lipinski definition) is 1. The quantitative estimate of drug-likeness (QED) is 0.145. The van der Waals surface area contributed by atoms with Crippen LogP contribution in [0.25, 0.3) is 98.1 Å². The molecule has 1 heterocycles. The van der Waals surface area contributed by atoms with Crippen molar-refractivity contribution >= 4 is 75.8 Å². The second-order valence-electron chi connectivity index (χ2n) is 10.7. The van der Waals surface area contributed by atoms with Crippen LogP contribution in [-0.2, 0) is 0 Å². The lowest BCUT2D eigenvalue weighted by Gasteiger charge is -2.19. The van der Waals surface area contributed by atoms with E-state index in [9.17, 15) is 8.22 Å². The van der Waals surface area contributed by atoms with Gasteiger partial charge in [-0.05, 0) is 100 Å². The van der Waals surface area contributed by atoms with E-state index in [0.29, 0.717) is 16.6 Å². The van der Waals surface area contributed by atoms with Crippen LogP contribution in [0.5, 0.6) is 0 Å². The smallest absolute Gasteiger partial charge is 0.136 e. The van der Waals surface area contributed by atoms with Crippen molar-refractivity contribution < 1.29 is 27.7 Å². The fourth-order valence-corrected chi connectivity index (χ4v) is 6.52. The van der Waals surface area contributed by atoms with Gasteiger partial charge < -0.3 is 4.42 Å². The van der Waals surface area contributed by atoms with Crippen LogP contribution >= 0.6 is 0 Å². The molecular formula is C44H26O. The standard InChI is InChI=1S/C44H26O/c1-4-14-31-27(11-1)21-24-41-44(31)39-26-29(22-23-40(39)45-41)42-34-17-7-9-19-36(34)43(37-20-10-8-18-35(37)42)38-25-28-12-2-3-13-30(28)32-15-5-6-16-33(32)38/h1-26H/i2D,3D,5D,6D,7D,8D,9D,10D,12D,13D,15D,16D,17D,18D,19D,20D,25D. The predicted octanol–water partition coefficient (Wildman–Crippen LogP) is 12.7. The molecule has 9 aromatic carbocycles. The van der Waals surface area contributed by atoms with Gasteiger partial charge in [0.15, 0.2) is 0 Å². The minimum absolute atomic E-state index is 0.0188. The Kier molecular flexibility index (Phi) is 2.76. The Morgan fingerprint density at radius 1 is 0.422 bits per heavy atom. The van der Waals surface area contributed by atoms with Gasteiger partial charge >= 0.3 is 0 Å². The van der Waals surface area contributed by atoms with Gasteiger partial charge in [0.05, 0.1) is 23.3 Å². The first-order valence-electron chi connectivity index (χ1n) is 22.6. The minimum atomic E-state index is -0.787. The zero-order valence-electron chi connectivity index (χ0n) is 40.1. The molecule has 45 heavy (non-hydrogen) atoms. The van der Waals surface area contributed by atoms with Gasteiger partial charge in [0.1, 0.15) is 11.2 Å². The maximum Gasteiger partial charge on any atom is 0.136 e. The number of benzene rings is 9. The normalized spacial score (nSPS) is 17.3. The molecule has 208 valence electrons. The van der Waals surface area contributed by atoms with Crippen molar-refractivity contribution in [2.24, 2.45) is 0 Å². The summed E-state index contributed by atoms with van der Waals surface area (Å²) in [6.07, 6.45) is 0. The fraction of sp³-hybridized carbons (Fsp3) is 0. The van der Waals surface area contributed by atoms with Crippen molar-refractivity contribution in [1.82, 2.24) is 0 Å². The van der Waals surface area contributed by atoms with Crippen molar-refractivity contribution in [2.45, 2.75) is 0 Å². The van der Waals surface area contributed by atoms with E-state index in [-0.39, 0.29) is 32.7 Å². The van der Waals surface area contributed by atoms with Gasteiger partial charge in [0, 0.05) is 10.8 Å². The van der Waals surface area contributed by atoms with Crippen molar-refractivity contribution in [2.75, 3.05) is 0 Å². The number of furan rings is 1. The third-order valence-corrected chi connectivity index (χ3v) is 8.40. The first-order valence-corrected chi connectivity index (χ1v) is 14.1. The van der Waals surface area contributed by atoms with Gasteiger partial charge in [-0.25, -0.2) is 0 Å². The van der Waals surface area contributed by atoms with E-state index >= 15 is 0 Å². The van der Waals surface area contributed by atoms with Crippen molar-refractivity contribution in [3.05, 3.63) is 157 Å². The van der Waals surface area contributed by atoms with Gasteiger partial charge in [-0.15, -0.1) is 0 Å².